The van der Waals surface area contributed by atoms with E-state index in [2.05, 4.69) is 70.3 Å². The van der Waals surface area contributed by atoms with Gasteiger partial charge >= 0.3 is 6.09 Å². The van der Waals surface area contributed by atoms with Crippen molar-refractivity contribution >= 4 is 12.0 Å². The van der Waals surface area contributed by atoms with Crippen LogP contribution in [0.5, 0.6) is 0 Å². The number of hydrogen-bond donors (Lipinski definition) is 2. The lowest BCUT2D eigenvalue weighted by molar-refractivity contribution is -0.122. The Morgan fingerprint density at radius 3 is 2.28 bits per heavy atom. The zero-order chi connectivity index (χ0) is 35.2. The average Bonchev–Trinajstić information content (AvgIpc) is 3.61. The fourth-order valence-corrected chi connectivity index (χ4v) is 12.3. The van der Waals surface area contributed by atoms with Gasteiger partial charge in [-0.3, -0.25) is 4.79 Å². The number of amides is 2. The molecule has 270 valence electrons. The van der Waals surface area contributed by atoms with Gasteiger partial charge in [0.25, 0.3) is 0 Å². The SMILES string of the molecule is CC(C)CCC[C@@H](C)[C@H]1CCC2C3CC=C4C[C@@H](NC(=O)CCN(CC5c6ccccc6-c6ccccc65)C(=O)O)CC[C@]4(C)C3CC[C@@]21C. The first kappa shape index (κ1) is 35.3. The number of rotatable bonds is 11. The molecule has 5 nitrogen and oxygen atoms in total. The summed E-state index contributed by atoms with van der Waals surface area (Å²) in [6, 6.07) is 16.7. The van der Waals surface area contributed by atoms with Crippen LogP contribution in [0.15, 0.2) is 60.2 Å². The van der Waals surface area contributed by atoms with Crippen molar-refractivity contribution in [2.45, 2.75) is 124 Å². The van der Waals surface area contributed by atoms with E-state index < -0.39 is 6.09 Å². The number of carbonyl (C=O) groups excluding carboxylic acids is 1. The van der Waals surface area contributed by atoms with Crippen molar-refractivity contribution < 1.29 is 14.7 Å². The molecule has 8 atom stereocenters. The highest BCUT2D eigenvalue weighted by Gasteiger charge is 2.59. The van der Waals surface area contributed by atoms with E-state index in [1.807, 2.05) is 24.3 Å². The zero-order valence-corrected chi connectivity index (χ0v) is 31.4. The number of carboxylic acid groups (broad SMARTS) is 1. The number of nitrogens with one attached hydrogen (secondary N) is 1. The van der Waals surface area contributed by atoms with E-state index in [-0.39, 0.29) is 36.2 Å². The molecule has 2 aromatic carbocycles. The van der Waals surface area contributed by atoms with Gasteiger partial charge in [-0.05, 0) is 120 Å². The molecule has 5 aliphatic rings. The molecule has 3 fully saturated rings. The lowest BCUT2D eigenvalue weighted by atomic mass is 9.47. The maximum absolute atomic E-state index is 13.3. The van der Waals surface area contributed by atoms with Crippen molar-refractivity contribution in [2.75, 3.05) is 13.1 Å². The minimum Gasteiger partial charge on any atom is -0.465 e. The molecule has 5 aliphatic carbocycles. The van der Waals surface area contributed by atoms with Crippen molar-refractivity contribution in [1.82, 2.24) is 10.2 Å². The molecule has 0 heterocycles. The van der Waals surface area contributed by atoms with Gasteiger partial charge in [0.05, 0.1) is 0 Å². The minimum absolute atomic E-state index is 0.0227. The molecule has 2 N–H and O–H groups in total. The number of benzene rings is 2. The molecule has 3 unspecified atom stereocenters. The smallest absolute Gasteiger partial charge is 0.407 e. The van der Waals surface area contributed by atoms with Crippen LogP contribution in [0, 0.1) is 46.3 Å². The lowest BCUT2D eigenvalue weighted by Crippen LogP contribution is -2.52. The van der Waals surface area contributed by atoms with Gasteiger partial charge in [-0.15, -0.1) is 0 Å². The average molecular weight is 679 g/mol. The van der Waals surface area contributed by atoms with Gasteiger partial charge in [-0.2, -0.15) is 0 Å². The topological polar surface area (TPSA) is 69.6 Å². The van der Waals surface area contributed by atoms with Gasteiger partial charge in [-0.1, -0.05) is 114 Å². The van der Waals surface area contributed by atoms with Gasteiger partial charge < -0.3 is 15.3 Å². The van der Waals surface area contributed by atoms with E-state index in [4.69, 9.17) is 0 Å². The molecule has 2 aromatic rings. The van der Waals surface area contributed by atoms with Crippen LogP contribution in [0.1, 0.15) is 129 Å². The quantitative estimate of drug-likeness (QED) is 0.232. The van der Waals surface area contributed by atoms with E-state index in [9.17, 15) is 14.7 Å². The Morgan fingerprint density at radius 2 is 1.60 bits per heavy atom. The van der Waals surface area contributed by atoms with Crippen molar-refractivity contribution in [3.63, 3.8) is 0 Å². The molecule has 0 aromatic heterocycles. The minimum atomic E-state index is -0.965. The zero-order valence-electron chi connectivity index (χ0n) is 31.4. The van der Waals surface area contributed by atoms with Crippen molar-refractivity contribution in [3.05, 3.63) is 71.3 Å². The summed E-state index contributed by atoms with van der Waals surface area (Å²) in [4.78, 5) is 27.2. The standard InChI is InChI=1S/C45H62N2O3/c1-29(2)11-10-12-30(3)39-19-20-40-37-18-17-31-27-32(21-24-44(31,4)41(37)22-25-45(39,40)5)46-42(48)23-26-47(43(49)50)28-38-35-15-8-6-13-33(35)34-14-7-9-16-36(34)38/h6-9,13-17,29-30,32,37-41H,10-12,18-28H2,1-5H3,(H,46,48)(H,49,50)/t30-,32+,37?,39-,40?,41?,44+,45-/m1/s1. The Kier molecular flexibility index (Phi) is 10.00. The summed E-state index contributed by atoms with van der Waals surface area (Å²) in [5.41, 5.74) is 7.03. The second-order valence-corrected chi connectivity index (χ2v) is 18.0. The Bertz CT molecular complexity index is 1550. The molecule has 5 heteroatoms. The van der Waals surface area contributed by atoms with Crippen LogP contribution in [-0.2, 0) is 4.79 Å². The maximum Gasteiger partial charge on any atom is 0.407 e. The monoisotopic (exact) mass is 678 g/mol. The number of fused-ring (bicyclic) bond motifs is 8. The summed E-state index contributed by atoms with van der Waals surface area (Å²) in [6.45, 7) is 13.1. The Hall–Kier alpha value is -3.08. The third kappa shape index (κ3) is 6.45. The van der Waals surface area contributed by atoms with Crippen LogP contribution in [0.3, 0.4) is 0 Å². The van der Waals surface area contributed by atoms with Crippen LogP contribution in [0.25, 0.3) is 11.1 Å². The Morgan fingerprint density at radius 1 is 0.900 bits per heavy atom. The highest BCUT2D eigenvalue weighted by Crippen LogP contribution is 2.67. The van der Waals surface area contributed by atoms with Crippen molar-refractivity contribution in [3.8, 4) is 11.1 Å². The molecule has 3 saturated carbocycles. The summed E-state index contributed by atoms with van der Waals surface area (Å²) in [5.74, 6) is 4.91. The third-order valence-electron chi connectivity index (χ3n) is 14.9. The fourth-order valence-electron chi connectivity index (χ4n) is 12.3. The number of allylic oxidation sites excluding steroid dienone is 1. The Labute approximate surface area is 301 Å². The summed E-state index contributed by atoms with van der Waals surface area (Å²) in [5, 5.41) is 13.5. The summed E-state index contributed by atoms with van der Waals surface area (Å²) < 4.78 is 0. The first-order valence-corrected chi connectivity index (χ1v) is 20.1. The summed E-state index contributed by atoms with van der Waals surface area (Å²) >= 11 is 0. The molecule has 7 rings (SSSR count). The second-order valence-electron chi connectivity index (χ2n) is 18.0. The van der Waals surface area contributed by atoms with Crippen LogP contribution in [0.4, 0.5) is 4.79 Å². The van der Waals surface area contributed by atoms with Gasteiger partial charge in [-0.25, -0.2) is 4.79 Å². The van der Waals surface area contributed by atoms with E-state index in [1.165, 1.54) is 78.5 Å². The van der Waals surface area contributed by atoms with Crippen LogP contribution in [0.2, 0.25) is 0 Å². The number of carbonyl (C=O) groups is 2. The van der Waals surface area contributed by atoms with Crippen LogP contribution in [-0.4, -0.2) is 41.1 Å². The van der Waals surface area contributed by atoms with E-state index in [1.54, 1.807) is 5.57 Å². The molecule has 50 heavy (non-hydrogen) atoms. The largest absolute Gasteiger partial charge is 0.465 e. The first-order valence-electron chi connectivity index (χ1n) is 20.1. The molecule has 0 radical (unpaired) electrons. The van der Waals surface area contributed by atoms with E-state index in [0.717, 1.165) is 54.8 Å². The summed E-state index contributed by atoms with van der Waals surface area (Å²) in [6.07, 6.45) is 15.9. The van der Waals surface area contributed by atoms with Crippen molar-refractivity contribution in [1.29, 1.82) is 0 Å². The summed E-state index contributed by atoms with van der Waals surface area (Å²) in [7, 11) is 0. The van der Waals surface area contributed by atoms with Crippen LogP contribution >= 0.6 is 0 Å². The van der Waals surface area contributed by atoms with Gasteiger partial charge in [0.2, 0.25) is 5.91 Å². The molecule has 0 aliphatic heterocycles. The van der Waals surface area contributed by atoms with Crippen molar-refractivity contribution in [2.24, 2.45) is 46.3 Å². The first-order chi connectivity index (χ1) is 24.0. The molecular formula is C45H62N2O3. The van der Waals surface area contributed by atoms with Gasteiger partial charge in [0.1, 0.15) is 0 Å². The molecule has 2 amide bonds. The third-order valence-corrected chi connectivity index (χ3v) is 14.9. The normalized spacial score (nSPS) is 31.9. The van der Waals surface area contributed by atoms with Gasteiger partial charge in [0, 0.05) is 31.5 Å². The number of nitrogens with zero attached hydrogens (tertiary/aromatic N) is 1. The lowest BCUT2D eigenvalue weighted by Gasteiger charge is -2.58. The number of hydrogen-bond acceptors (Lipinski definition) is 2. The molecule has 0 saturated heterocycles. The fraction of sp³-hybridized carbons (Fsp3) is 0.644. The molecule has 0 spiro atoms. The van der Waals surface area contributed by atoms with E-state index in [0.29, 0.717) is 12.0 Å². The predicted molar refractivity (Wildman–Crippen MR) is 203 cm³/mol. The maximum atomic E-state index is 13.3. The Balaban J connectivity index is 0.947. The molecular weight excluding hydrogens is 617 g/mol. The highest BCUT2D eigenvalue weighted by molar-refractivity contribution is 5.80. The van der Waals surface area contributed by atoms with E-state index >= 15 is 0 Å². The predicted octanol–water partition coefficient (Wildman–Crippen LogP) is 10.7. The second kappa shape index (κ2) is 14.2. The van der Waals surface area contributed by atoms with Crippen LogP contribution < -0.4 is 5.32 Å². The molecule has 0 bridgehead atoms. The highest BCUT2D eigenvalue weighted by atomic mass is 16.4. The van der Waals surface area contributed by atoms with Gasteiger partial charge in [0.15, 0.2) is 0 Å².